The van der Waals surface area contributed by atoms with E-state index < -0.39 is 12.4 Å². The normalized spacial score (nSPS) is 15.2. The van der Waals surface area contributed by atoms with Crippen LogP contribution in [-0.4, -0.2) is 35.3 Å². The van der Waals surface area contributed by atoms with Crippen LogP contribution in [0.4, 0.5) is 10.6 Å². The summed E-state index contributed by atoms with van der Waals surface area (Å²) in [6, 6.07) is 8.67. The number of methoxy groups -OCH3 is 1. The molecule has 1 aliphatic rings. The van der Waals surface area contributed by atoms with E-state index in [9.17, 15) is 4.79 Å². The lowest BCUT2D eigenvalue weighted by atomic mass is 10.1. The van der Waals surface area contributed by atoms with E-state index in [-0.39, 0.29) is 0 Å². The third-order valence-electron chi connectivity index (χ3n) is 4.06. The number of hydrogen-bond donors (Lipinski definition) is 4. The summed E-state index contributed by atoms with van der Waals surface area (Å²) in [5.41, 5.74) is 10.7. The second kappa shape index (κ2) is 8.44. The standard InChI is InChI=1S/C18H15Cl2N7O2S/c1-29-18(28)23-12-6-8(4-5-22-12)16-24-13(10-3-2-9(19)7-11(10)20)14(30-16)15-25-17(21)27-26-15/h2-7,17,27H,21H2,1H3,(H,25,26)(H,22,23,28). The van der Waals surface area contributed by atoms with E-state index in [4.69, 9.17) is 33.9 Å². The summed E-state index contributed by atoms with van der Waals surface area (Å²) in [4.78, 5) is 21.1. The van der Waals surface area contributed by atoms with E-state index >= 15 is 0 Å². The highest BCUT2D eigenvalue weighted by atomic mass is 35.5. The fourth-order valence-corrected chi connectivity index (χ4v) is 4.24. The minimum absolute atomic E-state index is 0.335. The molecular formula is C18H15Cl2N7O2S. The van der Waals surface area contributed by atoms with Gasteiger partial charge in [0, 0.05) is 22.3 Å². The molecule has 1 atom stereocenters. The fraction of sp³-hybridized carbons (Fsp3) is 0.111. The molecular weight excluding hydrogens is 449 g/mol. The number of carbonyl (C=O) groups is 1. The molecule has 0 bridgehead atoms. The Balaban J connectivity index is 1.80. The van der Waals surface area contributed by atoms with Gasteiger partial charge in [-0.25, -0.2) is 14.8 Å². The zero-order valence-electron chi connectivity index (χ0n) is 15.4. The maximum absolute atomic E-state index is 11.5. The SMILES string of the molecule is COC(=O)Nc1cc(-c2nc(-c3ccc(Cl)cc3Cl)c(C3=NNC(N)N3)s2)ccn1. The fourth-order valence-electron chi connectivity index (χ4n) is 2.72. The van der Waals surface area contributed by atoms with Gasteiger partial charge in [-0.05, 0) is 30.3 Å². The van der Waals surface area contributed by atoms with Gasteiger partial charge in [-0.15, -0.1) is 11.3 Å². The average Bonchev–Trinajstić information content (AvgIpc) is 3.34. The van der Waals surface area contributed by atoms with Gasteiger partial charge >= 0.3 is 6.09 Å². The molecule has 154 valence electrons. The number of aromatic nitrogens is 2. The van der Waals surface area contributed by atoms with Gasteiger partial charge < -0.3 is 10.1 Å². The second-order valence-electron chi connectivity index (χ2n) is 6.08. The number of benzene rings is 1. The van der Waals surface area contributed by atoms with Gasteiger partial charge in [0.25, 0.3) is 0 Å². The van der Waals surface area contributed by atoms with Gasteiger partial charge in [-0.1, -0.05) is 23.2 Å². The van der Waals surface area contributed by atoms with Crippen LogP contribution in [0.15, 0.2) is 41.6 Å². The third-order valence-corrected chi connectivity index (χ3v) is 5.72. The predicted octanol–water partition coefficient (Wildman–Crippen LogP) is 3.45. The summed E-state index contributed by atoms with van der Waals surface area (Å²) < 4.78 is 4.61. The van der Waals surface area contributed by atoms with Crippen molar-refractivity contribution in [1.29, 1.82) is 0 Å². The first-order valence-corrected chi connectivity index (χ1v) is 10.1. The van der Waals surface area contributed by atoms with E-state index in [1.807, 2.05) is 0 Å². The number of amidine groups is 1. The highest BCUT2D eigenvalue weighted by molar-refractivity contribution is 7.17. The zero-order valence-corrected chi connectivity index (χ0v) is 17.8. The molecule has 1 unspecified atom stereocenters. The number of amides is 1. The Bertz CT molecular complexity index is 1150. The van der Waals surface area contributed by atoms with Crippen molar-refractivity contribution in [3.05, 3.63) is 51.5 Å². The number of nitrogens with zero attached hydrogens (tertiary/aromatic N) is 3. The molecule has 9 nitrogen and oxygen atoms in total. The van der Waals surface area contributed by atoms with E-state index in [0.717, 1.165) is 10.4 Å². The first-order valence-electron chi connectivity index (χ1n) is 8.58. The van der Waals surface area contributed by atoms with E-state index in [1.165, 1.54) is 18.4 Å². The molecule has 0 saturated carbocycles. The lowest BCUT2D eigenvalue weighted by Crippen LogP contribution is -2.42. The van der Waals surface area contributed by atoms with Gasteiger partial charge in [0.2, 0.25) is 0 Å². The first-order chi connectivity index (χ1) is 14.4. The molecule has 0 saturated heterocycles. The minimum Gasteiger partial charge on any atom is -0.453 e. The number of halogens is 2. The molecule has 1 aromatic carbocycles. The van der Waals surface area contributed by atoms with Crippen molar-refractivity contribution in [2.24, 2.45) is 10.8 Å². The summed E-state index contributed by atoms with van der Waals surface area (Å²) in [6.45, 7) is 0. The molecule has 5 N–H and O–H groups in total. The van der Waals surface area contributed by atoms with E-state index in [0.29, 0.717) is 38.0 Å². The Hall–Kier alpha value is -2.92. The number of nitrogens with one attached hydrogen (secondary N) is 3. The summed E-state index contributed by atoms with van der Waals surface area (Å²) >= 11 is 13.9. The molecule has 30 heavy (non-hydrogen) atoms. The van der Waals surface area contributed by atoms with Crippen LogP contribution in [0.3, 0.4) is 0 Å². The number of anilines is 1. The Morgan fingerprint density at radius 2 is 2.13 bits per heavy atom. The predicted molar refractivity (Wildman–Crippen MR) is 118 cm³/mol. The molecule has 1 aliphatic heterocycles. The largest absolute Gasteiger partial charge is 0.453 e. The molecule has 0 spiro atoms. The summed E-state index contributed by atoms with van der Waals surface area (Å²) in [6.07, 6.45) is 0.452. The molecule has 4 rings (SSSR count). The van der Waals surface area contributed by atoms with Crippen LogP contribution >= 0.6 is 34.5 Å². The van der Waals surface area contributed by atoms with Gasteiger partial charge in [0.1, 0.15) is 10.8 Å². The van der Waals surface area contributed by atoms with Crippen molar-refractivity contribution >= 4 is 52.3 Å². The zero-order chi connectivity index (χ0) is 21.3. The van der Waals surface area contributed by atoms with E-state index in [2.05, 4.69) is 30.9 Å². The van der Waals surface area contributed by atoms with Gasteiger partial charge in [0.05, 0.1) is 22.7 Å². The van der Waals surface area contributed by atoms with Crippen LogP contribution in [0.5, 0.6) is 0 Å². The Morgan fingerprint density at radius 3 is 2.83 bits per heavy atom. The summed E-state index contributed by atoms with van der Waals surface area (Å²) in [7, 11) is 1.28. The van der Waals surface area contributed by atoms with Crippen LogP contribution in [0.25, 0.3) is 21.8 Å². The van der Waals surface area contributed by atoms with Crippen molar-refractivity contribution < 1.29 is 9.53 Å². The van der Waals surface area contributed by atoms with Crippen molar-refractivity contribution in [2.45, 2.75) is 6.29 Å². The molecule has 3 aromatic rings. The van der Waals surface area contributed by atoms with Gasteiger partial charge in [-0.2, -0.15) is 5.10 Å². The van der Waals surface area contributed by atoms with Crippen LogP contribution in [0.1, 0.15) is 4.88 Å². The van der Waals surface area contributed by atoms with Gasteiger partial charge in [-0.3, -0.25) is 16.5 Å². The lowest BCUT2D eigenvalue weighted by Gasteiger charge is -2.06. The number of pyridine rings is 1. The van der Waals surface area contributed by atoms with E-state index in [1.54, 1.807) is 36.5 Å². The number of rotatable bonds is 4. The molecule has 0 radical (unpaired) electrons. The Morgan fingerprint density at radius 1 is 1.30 bits per heavy atom. The average molecular weight is 464 g/mol. The minimum atomic E-state index is -0.613. The maximum Gasteiger partial charge on any atom is 0.412 e. The quantitative estimate of drug-likeness (QED) is 0.466. The lowest BCUT2D eigenvalue weighted by molar-refractivity contribution is 0.187. The maximum atomic E-state index is 11.5. The highest BCUT2D eigenvalue weighted by Crippen LogP contribution is 2.38. The molecule has 3 heterocycles. The topological polar surface area (TPSA) is 127 Å². The van der Waals surface area contributed by atoms with Crippen LogP contribution in [0.2, 0.25) is 10.0 Å². The monoisotopic (exact) mass is 463 g/mol. The summed E-state index contributed by atoms with van der Waals surface area (Å²) in [5.74, 6) is 0.886. The molecule has 1 amide bonds. The van der Waals surface area contributed by atoms with Crippen molar-refractivity contribution in [1.82, 2.24) is 20.7 Å². The second-order valence-corrected chi connectivity index (χ2v) is 7.92. The van der Waals surface area contributed by atoms with Crippen molar-refractivity contribution in [2.75, 3.05) is 12.4 Å². The number of hydrazone groups is 1. The molecule has 0 fully saturated rings. The number of ether oxygens (including phenoxy) is 1. The van der Waals surface area contributed by atoms with Crippen molar-refractivity contribution in [3.63, 3.8) is 0 Å². The number of thiazole rings is 1. The number of hydrogen-bond acceptors (Lipinski definition) is 9. The molecule has 2 aromatic heterocycles. The Labute approximate surface area is 185 Å². The first kappa shape index (κ1) is 20.4. The molecule has 12 heteroatoms. The summed E-state index contributed by atoms with van der Waals surface area (Å²) in [5, 5.41) is 11.5. The number of carbonyl (C=O) groups excluding carboxylic acids is 1. The van der Waals surface area contributed by atoms with Crippen LogP contribution in [0, 0.1) is 0 Å². The van der Waals surface area contributed by atoms with Crippen LogP contribution in [-0.2, 0) is 4.74 Å². The van der Waals surface area contributed by atoms with Gasteiger partial charge in [0.15, 0.2) is 12.1 Å². The Kier molecular flexibility index (Phi) is 5.73. The van der Waals surface area contributed by atoms with Crippen LogP contribution < -0.4 is 21.8 Å². The smallest absolute Gasteiger partial charge is 0.412 e. The third kappa shape index (κ3) is 4.17. The van der Waals surface area contributed by atoms with Crippen molar-refractivity contribution in [3.8, 4) is 21.8 Å². The molecule has 0 aliphatic carbocycles. The number of nitrogens with two attached hydrogens (primary N) is 1. The highest BCUT2D eigenvalue weighted by Gasteiger charge is 2.24.